The Morgan fingerprint density at radius 2 is 0.912 bits per heavy atom. The normalized spacial score (nSPS) is 15.9. The van der Waals surface area contributed by atoms with Gasteiger partial charge in [0.05, 0.1) is 9.79 Å². The van der Waals surface area contributed by atoms with E-state index in [1.807, 2.05) is 48.5 Å². The van der Waals surface area contributed by atoms with Gasteiger partial charge in [0, 0.05) is 11.1 Å². The molecule has 0 fully saturated rings. The number of benzene rings is 5. The van der Waals surface area contributed by atoms with E-state index in [0.29, 0.717) is 27.5 Å². The largest absolute Gasteiger partial charge is 0.218 e. The molecule has 5 aromatic rings. The van der Waals surface area contributed by atoms with Gasteiger partial charge in [-0.3, -0.25) is 0 Å². The summed E-state index contributed by atoms with van der Waals surface area (Å²) in [4.78, 5) is -0.0147. The Morgan fingerprint density at radius 1 is 0.471 bits per heavy atom. The van der Waals surface area contributed by atoms with Crippen molar-refractivity contribution in [3.8, 4) is 11.1 Å². The Kier molecular flexibility index (Phi) is 4.52. The Balaban J connectivity index is 1.88. The minimum Gasteiger partial charge on any atom is -0.218 e. The summed E-state index contributed by atoms with van der Waals surface area (Å²) in [6.45, 7) is 0. The molecule has 1 aliphatic rings. The molecule has 166 valence electrons. The van der Waals surface area contributed by atoms with Gasteiger partial charge in [-0.05, 0) is 45.3 Å². The van der Waals surface area contributed by atoms with Crippen LogP contribution in [0.1, 0.15) is 5.56 Å². The summed E-state index contributed by atoms with van der Waals surface area (Å²) in [6, 6.07) is 30.1. The van der Waals surface area contributed by atoms with Gasteiger partial charge in [-0.25, -0.2) is 16.8 Å². The summed E-state index contributed by atoms with van der Waals surface area (Å²) in [7, 11) is -8.76. The maximum atomic E-state index is 14.0. The molecule has 0 N–H and O–H groups in total. The Labute approximate surface area is 197 Å². The molecule has 0 saturated heterocycles. The molecule has 6 rings (SSSR count). The molecule has 0 bridgehead atoms. The SMILES string of the molecule is O=S1(=O)C(=Cc2ccccc2)S(=O)(=O)c2ccc3ccccc3c2-c2c1ccc1ccccc21. The zero-order valence-electron chi connectivity index (χ0n) is 17.8. The number of hydrogen-bond acceptors (Lipinski definition) is 4. The summed E-state index contributed by atoms with van der Waals surface area (Å²) < 4.78 is 55.6. The first-order valence-electron chi connectivity index (χ1n) is 10.7. The molecule has 6 heteroatoms. The van der Waals surface area contributed by atoms with Crippen LogP contribution in [0.25, 0.3) is 38.7 Å². The van der Waals surface area contributed by atoms with E-state index < -0.39 is 23.9 Å². The lowest BCUT2D eigenvalue weighted by atomic mass is 9.94. The summed E-state index contributed by atoms with van der Waals surface area (Å²) in [5.41, 5.74) is 1.34. The molecule has 0 aliphatic carbocycles. The fraction of sp³-hybridized carbons (Fsp3) is 0. The van der Waals surface area contributed by atoms with Crippen molar-refractivity contribution < 1.29 is 16.8 Å². The highest BCUT2D eigenvalue weighted by Gasteiger charge is 2.41. The Morgan fingerprint density at radius 3 is 1.41 bits per heavy atom. The maximum Gasteiger partial charge on any atom is 0.218 e. The van der Waals surface area contributed by atoms with E-state index in [4.69, 9.17) is 0 Å². The monoisotopic (exact) mass is 482 g/mol. The second-order valence-electron chi connectivity index (χ2n) is 8.20. The lowest BCUT2D eigenvalue weighted by Crippen LogP contribution is -2.13. The van der Waals surface area contributed by atoms with Gasteiger partial charge in [0.2, 0.25) is 19.7 Å². The fourth-order valence-corrected chi connectivity index (χ4v) is 8.83. The smallest absolute Gasteiger partial charge is 0.218 e. The standard InChI is InChI=1S/C28H18O4S2/c29-33(30)24-16-14-20-10-4-6-12-22(20)27(24)28-23-13-7-5-11-21(23)15-17-25(28)34(31,32)26(33)18-19-8-2-1-3-9-19/h1-18H. The third kappa shape index (κ3) is 2.96. The van der Waals surface area contributed by atoms with Crippen molar-refractivity contribution in [1.29, 1.82) is 0 Å². The highest BCUT2D eigenvalue weighted by atomic mass is 32.3. The zero-order valence-corrected chi connectivity index (χ0v) is 19.5. The van der Waals surface area contributed by atoms with Gasteiger partial charge in [0.25, 0.3) is 0 Å². The van der Waals surface area contributed by atoms with Gasteiger partial charge in [-0.2, -0.15) is 0 Å². The number of hydrogen-bond donors (Lipinski definition) is 0. The average Bonchev–Trinajstić information content (AvgIpc) is 2.91. The molecule has 0 saturated carbocycles. The van der Waals surface area contributed by atoms with Crippen LogP contribution in [0.5, 0.6) is 0 Å². The van der Waals surface area contributed by atoms with Gasteiger partial charge < -0.3 is 0 Å². The highest BCUT2D eigenvalue weighted by molar-refractivity contribution is 8.15. The van der Waals surface area contributed by atoms with Crippen molar-refractivity contribution in [2.75, 3.05) is 0 Å². The van der Waals surface area contributed by atoms with Crippen molar-refractivity contribution in [1.82, 2.24) is 0 Å². The second-order valence-corrected chi connectivity index (χ2v) is 12.2. The number of fused-ring (bicyclic) bond motifs is 7. The van der Waals surface area contributed by atoms with Crippen LogP contribution in [0.2, 0.25) is 0 Å². The lowest BCUT2D eigenvalue weighted by molar-refractivity contribution is 0.597. The molecule has 0 spiro atoms. The molecule has 4 nitrogen and oxygen atoms in total. The third-order valence-electron chi connectivity index (χ3n) is 6.22. The average molecular weight is 483 g/mol. The van der Waals surface area contributed by atoms with Crippen molar-refractivity contribution >= 4 is 47.3 Å². The van der Waals surface area contributed by atoms with E-state index in [1.165, 1.54) is 18.2 Å². The first-order chi connectivity index (χ1) is 16.4. The molecular formula is C28H18O4S2. The molecule has 0 radical (unpaired) electrons. The van der Waals surface area contributed by atoms with Crippen molar-refractivity contribution in [3.63, 3.8) is 0 Å². The molecule has 1 heterocycles. The maximum absolute atomic E-state index is 14.0. The number of rotatable bonds is 1. The minimum absolute atomic E-state index is 0.00735. The van der Waals surface area contributed by atoms with E-state index in [2.05, 4.69) is 0 Å². The third-order valence-corrected chi connectivity index (χ3v) is 10.7. The van der Waals surface area contributed by atoms with Crippen LogP contribution in [0.4, 0.5) is 0 Å². The summed E-state index contributed by atoms with van der Waals surface area (Å²) in [6.07, 6.45) is 1.26. The van der Waals surface area contributed by atoms with Crippen LogP contribution in [-0.2, 0) is 19.7 Å². The molecular weight excluding hydrogens is 464 g/mol. The molecule has 0 amide bonds. The van der Waals surface area contributed by atoms with E-state index in [9.17, 15) is 16.8 Å². The van der Waals surface area contributed by atoms with Gasteiger partial charge in [-0.15, -0.1) is 0 Å². The van der Waals surface area contributed by atoms with Crippen molar-refractivity contribution in [3.05, 3.63) is 113 Å². The van der Waals surface area contributed by atoms with Gasteiger partial charge in [-0.1, -0.05) is 91.0 Å². The van der Waals surface area contributed by atoms with Crippen LogP contribution >= 0.6 is 0 Å². The predicted molar refractivity (Wildman–Crippen MR) is 136 cm³/mol. The first kappa shape index (κ1) is 20.8. The van der Waals surface area contributed by atoms with Crippen LogP contribution in [0.15, 0.2) is 117 Å². The number of sulfone groups is 2. The van der Waals surface area contributed by atoms with Crippen molar-refractivity contribution in [2.45, 2.75) is 9.79 Å². The zero-order chi connectivity index (χ0) is 23.5. The summed E-state index contributed by atoms with van der Waals surface area (Å²) >= 11 is 0. The molecule has 0 unspecified atom stereocenters. The van der Waals surface area contributed by atoms with Gasteiger partial charge >= 0.3 is 0 Å². The topological polar surface area (TPSA) is 68.3 Å². The molecule has 5 aromatic carbocycles. The van der Waals surface area contributed by atoms with E-state index in [0.717, 1.165) is 10.8 Å². The van der Waals surface area contributed by atoms with Crippen LogP contribution in [-0.4, -0.2) is 16.8 Å². The minimum atomic E-state index is -4.38. The molecule has 34 heavy (non-hydrogen) atoms. The lowest BCUT2D eigenvalue weighted by Gasteiger charge is -2.14. The molecule has 0 aromatic heterocycles. The van der Waals surface area contributed by atoms with E-state index in [-0.39, 0.29) is 9.79 Å². The van der Waals surface area contributed by atoms with Crippen LogP contribution in [0.3, 0.4) is 0 Å². The fourth-order valence-electron chi connectivity index (χ4n) is 4.67. The highest BCUT2D eigenvalue weighted by Crippen LogP contribution is 2.48. The predicted octanol–water partition coefficient (Wildman–Crippen LogP) is 6.22. The second kappa shape index (κ2) is 7.38. The van der Waals surface area contributed by atoms with E-state index >= 15 is 0 Å². The first-order valence-corrected chi connectivity index (χ1v) is 13.7. The summed E-state index contributed by atoms with van der Waals surface area (Å²) in [5.74, 6) is 0. The quantitative estimate of drug-likeness (QED) is 0.284. The molecule has 0 atom stereocenters. The Bertz CT molecular complexity index is 1750. The Hall–Kier alpha value is -3.74. The van der Waals surface area contributed by atoms with Gasteiger partial charge in [0.1, 0.15) is 0 Å². The van der Waals surface area contributed by atoms with Crippen molar-refractivity contribution in [2.24, 2.45) is 0 Å². The van der Waals surface area contributed by atoms with E-state index in [1.54, 1.807) is 42.5 Å². The molecule has 1 aliphatic heterocycles. The van der Waals surface area contributed by atoms with Gasteiger partial charge in [0.15, 0.2) is 4.24 Å². The summed E-state index contributed by atoms with van der Waals surface area (Å²) in [5, 5.41) is 3.06. The van der Waals surface area contributed by atoms with Crippen LogP contribution in [0, 0.1) is 0 Å². The van der Waals surface area contributed by atoms with Crippen LogP contribution < -0.4 is 0 Å².